The Morgan fingerprint density at radius 2 is 1.90 bits per heavy atom. The zero-order valence-electron chi connectivity index (χ0n) is 12.6. The Morgan fingerprint density at radius 1 is 1.24 bits per heavy atom. The average Bonchev–Trinajstić information content (AvgIpc) is 2.93. The van der Waals surface area contributed by atoms with Gasteiger partial charge >= 0.3 is 0 Å². The van der Waals surface area contributed by atoms with Crippen molar-refractivity contribution in [3.05, 3.63) is 53.4 Å². The van der Waals surface area contributed by atoms with Crippen LogP contribution in [0, 0.1) is 11.6 Å². The minimum Gasteiger partial charge on any atom is -0.312 e. The summed E-state index contributed by atoms with van der Waals surface area (Å²) in [6.07, 6.45) is 3.34. The van der Waals surface area contributed by atoms with Crippen LogP contribution >= 0.6 is 0 Å². The number of halogens is 2. The lowest BCUT2D eigenvalue weighted by molar-refractivity contribution is 0.460. The molecule has 1 N–H and O–H groups in total. The van der Waals surface area contributed by atoms with Crippen molar-refractivity contribution in [2.45, 2.75) is 38.8 Å². The molecule has 2 aromatic rings. The third kappa shape index (κ3) is 3.47. The summed E-state index contributed by atoms with van der Waals surface area (Å²) in [4.78, 5) is 0. The summed E-state index contributed by atoms with van der Waals surface area (Å²) in [5, 5.41) is 7.46. The molecule has 0 aliphatic rings. The SMILES string of the molecule is CCC(C)n1ccc(CC(NC)c2c(F)cccc2F)n1. The van der Waals surface area contributed by atoms with Gasteiger partial charge in [0.2, 0.25) is 0 Å². The third-order valence-corrected chi connectivity index (χ3v) is 3.82. The molecule has 0 saturated carbocycles. The first-order valence-corrected chi connectivity index (χ1v) is 7.22. The Labute approximate surface area is 124 Å². The second-order valence-electron chi connectivity index (χ2n) is 5.23. The Balaban J connectivity index is 2.21. The molecule has 114 valence electrons. The first-order valence-electron chi connectivity index (χ1n) is 7.22. The Kier molecular flexibility index (Phi) is 5.07. The predicted molar refractivity (Wildman–Crippen MR) is 79.1 cm³/mol. The smallest absolute Gasteiger partial charge is 0.130 e. The van der Waals surface area contributed by atoms with Gasteiger partial charge in [-0.3, -0.25) is 4.68 Å². The first-order chi connectivity index (χ1) is 10.1. The number of nitrogens with zero attached hydrogens (tertiary/aromatic N) is 2. The molecule has 2 atom stereocenters. The summed E-state index contributed by atoms with van der Waals surface area (Å²) >= 11 is 0. The lowest BCUT2D eigenvalue weighted by Crippen LogP contribution is -2.22. The van der Waals surface area contributed by atoms with E-state index >= 15 is 0 Å². The second kappa shape index (κ2) is 6.80. The van der Waals surface area contributed by atoms with E-state index in [1.54, 1.807) is 7.05 Å². The molecule has 1 aromatic heterocycles. The zero-order chi connectivity index (χ0) is 15.4. The van der Waals surface area contributed by atoms with E-state index < -0.39 is 17.7 Å². The fraction of sp³-hybridized carbons (Fsp3) is 0.438. The van der Waals surface area contributed by atoms with Crippen LogP contribution in [0.3, 0.4) is 0 Å². The molecule has 0 radical (unpaired) electrons. The van der Waals surface area contributed by atoms with E-state index in [1.165, 1.54) is 18.2 Å². The number of aromatic nitrogens is 2. The molecule has 1 aromatic carbocycles. The quantitative estimate of drug-likeness (QED) is 0.881. The maximum Gasteiger partial charge on any atom is 0.130 e. The number of hydrogen-bond acceptors (Lipinski definition) is 2. The Morgan fingerprint density at radius 3 is 2.48 bits per heavy atom. The van der Waals surface area contributed by atoms with Crippen LogP contribution in [0.1, 0.15) is 43.6 Å². The van der Waals surface area contributed by atoms with Crippen LogP contribution in [0.2, 0.25) is 0 Å². The maximum absolute atomic E-state index is 13.9. The van der Waals surface area contributed by atoms with Crippen molar-refractivity contribution in [3.8, 4) is 0 Å². The largest absolute Gasteiger partial charge is 0.312 e. The molecular weight excluding hydrogens is 272 g/mol. The molecule has 0 aliphatic heterocycles. The van der Waals surface area contributed by atoms with Gasteiger partial charge in [0.25, 0.3) is 0 Å². The first kappa shape index (κ1) is 15.6. The highest BCUT2D eigenvalue weighted by atomic mass is 19.1. The van der Waals surface area contributed by atoms with Crippen LogP contribution < -0.4 is 5.32 Å². The molecule has 2 rings (SSSR count). The number of nitrogens with one attached hydrogen (secondary N) is 1. The molecule has 0 saturated heterocycles. The van der Waals surface area contributed by atoms with Gasteiger partial charge in [0.05, 0.1) is 5.69 Å². The van der Waals surface area contributed by atoms with E-state index in [9.17, 15) is 8.78 Å². The molecular formula is C16H21F2N3. The fourth-order valence-electron chi connectivity index (χ4n) is 2.32. The highest BCUT2D eigenvalue weighted by Gasteiger charge is 2.20. The van der Waals surface area contributed by atoms with Gasteiger partial charge < -0.3 is 5.32 Å². The molecule has 0 spiro atoms. The normalized spacial score (nSPS) is 14.1. The number of likely N-dealkylation sites (N-methyl/N-ethyl adjacent to an activating group) is 1. The number of benzene rings is 1. The van der Waals surface area contributed by atoms with E-state index in [0.717, 1.165) is 12.1 Å². The van der Waals surface area contributed by atoms with Crippen molar-refractivity contribution in [3.63, 3.8) is 0 Å². The zero-order valence-corrected chi connectivity index (χ0v) is 12.6. The topological polar surface area (TPSA) is 29.9 Å². The summed E-state index contributed by atoms with van der Waals surface area (Å²) in [5.74, 6) is -1.06. The van der Waals surface area contributed by atoms with E-state index in [2.05, 4.69) is 24.3 Å². The highest BCUT2D eigenvalue weighted by Crippen LogP contribution is 2.23. The third-order valence-electron chi connectivity index (χ3n) is 3.82. The Hall–Kier alpha value is -1.75. The van der Waals surface area contributed by atoms with E-state index in [-0.39, 0.29) is 5.56 Å². The molecule has 0 amide bonds. The molecule has 3 nitrogen and oxygen atoms in total. The van der Waals surface area contributed by atoms with Crippen molar-refractivity contribution >= 4 is 0 Å². The van der Waals surface area contributed by atoms with Gasteiger partial charge in [-0.05, 0) is 38.6 Å². The summed E-state index contributed by atoms with van der Waals surface area (Å²) in [6, 6.07) is 5.71. The fourth-order valence-corrected chi connectivity index (χ4v) is 2.32. The minimum absolute atomic E-state index is 0.0677. The predicted octanol–water partition coefficient (Wildman–Crippen LogP) is 3.64. The lowest BCUT2D eigenvalue weighted by Gasteiger charge is -2.17. The van der Waals surface area contributed by atoms with Crippen LogP contribution in [0.4, 0.5) is 8.78 Å². The van der Waals surface area contributed by atoms with Crippen LogP contribution in [-0.4, -0.2) is 16.8 Å². The summed E-state index contributed by atoms with van der Waals surface area (Å²) in [7, 11) is 1.70. The van der Waals surface area contributed by atoms with Crippen molar-refractivity contribution in [1.29, 1.82) is 0 Å². The van der Waals surface area contributed by atoms with Gasteiger partial charge in [0, 0.05) is 30.3 Å². The molecule has 2 unspecified atom stereocenters. The molecule has 0 aliphatic carbocycles. The average molecular weight is 293 g/mol. The summed E-state index contributed by atoms with van der Waals surface area (Å²) < 4.78 is 29.6. The van der Waals surface area contributed by atoms with Crippen LogP contribution in [0.15, 0.2) is 30.5 Å². The van der Waals surface area contributed by atoms with E-state index in [1.807, 2.05) is 16.9 Å². The van der Waals surface area contributed by atoms with Crippen molar-refractivity contribution < 1.29 is 8.78 Å². The van der Waals surface area contributed by atoms with Crippen LogP contribution in [0.5, 0.6) is 0 Å². The molecule has 1 heterocycles. The van der Waals surface area contributed by atoms with Crippen LogP contribution in [0.25, 0.3) is 0 Å². The van der Waals surface area contributed by atoms with Gasteiger partial charge in [-0.2, -0.15) is 5.10 Å². The number of rotatable bonds is 6. The minimum atomic E-state index is -0.532. The standard InChI is InChI=1S/C16H21F2N3/c1-4-11(2)21-9-8-12(20-21)10-15(19-3)16-13(17)6-5-7-14(16)18/h5-9,11,15,19H,4,10H2,1-3H3. The second-order valence-corrected chi connectivity index (χ2v) is 5.23. The van der Waals surface area contributed by atoms with E-state index in [0.29, 0.717) is 12.5 Å². The molecule has 21 heavy (non-hydrogen) atoms. The van der Waals surface area contributed by atoms with Gasteiger partial charge in [0.15, 0.2) is 0 Å². The lowest BCUT2D eigenvalue weighted by atomic mass is 10.0. The van der Waals surface area contributed by atoms with Crippen LogP contribution in [-0.2, 0) is 6.42 Å². The Bertz CT molecular complexity index is 575. The van der Waals surface area contributed by atoms with Gasteiger partial charge in [-0.25, -0.2) is 8.78 Å². The summed E-state index contributed by atoms with van der Waals surface area (Å²) in [5.41, 5.74) is 0.885. The maximum atomic E-state index is 13.9. The van der Waals surface area contributed by atoms with Gasteiger partial charge in [0.1, 0.15) is 11.6 Å². The van der Waals surface area contributed by atoms with E-state index in [4.69, 9.17) is 0 Å². The number of hydrogen-bond donors (Lipinski definition) is 1. The van der Waals surface area contributed by atoms with Crippen molar-refractivity contribution in [2.75, 3.05) is 7.05 Å². The van der Waals surface area contributed by atoms with Crippen molar-refractivity contribution in [1.82, 2.24) is 15.1 Å². The van der Waals surface area contributed by atoms with Crippen molar-refractivity contribution in [2.24, 2.45) is 0 Å². The van der Waals surface area contributed by atoms with Gasteiger partial charge in [-0.15, -0.1) is 0 Å². The highest BCUT2D eigenvalue weighted by molar-refractivity contribution is 5.24. The molecule has 0 fully saturated rings. The monoisotopic (exact) mass is 293 g/mol. The summed E-state index contributed by atoms with van der Waals surface area (Å²) in [6.45, 7) is 4.18. The molecule has 0 bridgehead atoms. The molecule has 5 heteroatoms. The van der Waals surface area contributed by atoms with Gasteiger partial charge in [-0.1, -0.05) is 13.0 Å².